The quantitative estimate of drug-likeness (QED) is 0.279. The Bertz CT molecular complexity index is 1180. The molecule has 0 aliphatic carbocycles. The molecule has 0 saturated carbocycles. The third kappa shape index (κ3) is 5.09. The van der Waals surface area contributed by atoms with Crippen molar-refractivity contribution in [2.75, 3.05) is 36.8 Å². The Morgan fingerprint density at radius 3 is 2.42 bits per heavy atom. The Labute approximate surface area is 181 Å². The number of sulfonamides is 1. The van der Waals surface area contributed by atoms with Gasteiger partial charge < -0.3 is 10.6 Å². The molecule has 2 N–H and O–H groups in total. The third-order valence-corrected chi connectivity index (χ3v) is 6.90. The van der Waals surface area contributed by atoms with Crippen LogP contribution in [-0.4, -0.2) is 48.8 Å². The fourth-order valence-corrected chi connectivity index (χ4v) is 4.72. The van der Waals surface area contributed by atoms with Gasteiger partial charge in [-0.3, -0.25) is 10.1 Å². The molecule has 0 radical (unpaired) electrons. The van der Waals surface area contributed by atoms with E-state index < -0.39 is 14.9 Å². The summed E-state index contributed by atoms with van der Waals surface area (Å²) in [5, 5.41) is 18.7. The molecule has 3 rings (SSSR count). The van der Waals surface area contributed by atoms with Crippen molar-refractivity contribution in [3.63, 3.8) is 0 Å². The van der Waals surface area contributed by atoms with Gasteiger partial charge in [-0.25, -0.2) is 13.4 Å². The van der Waals surface area contributed by atoms with Crippen LogP contribution < -0.4 is 10.6 Å². The van der Waals surface area contributed by atoms with Crippen molar-refractivity contribution in [3.8, 4) is 0 Å². The van der Waals surface area contributed by atoms with Gasteiger partial charge in [0.1, 0.15) is 11.5 Å². The van der Waals surface area contributed by atoms with Gasteiger partial charge in [0.15, 0.2) is 0 Å². The van der Waals surface area contributed by atoms with E-state index in [1.54, 1.807) is 13.8 Å². The number of hydrogen-bond donors (Lipinski definition) is 2. The summed E-state index contributed by atoms with van der Waals surface area (Å²) in [6, 6.07) is 15.6. The Morgan fingerprint density at radius 1 is 1.00 bits per heavy atom. The molecule has 0 amide bonds. The minimum Gasteiger partial charge on any atom is -0.378 e. The molecule has 3 aromatic rings. The average molecular weight is 444 g/mol. The van der Waals surface area contributed by atoms with Gasteiger partial charge in [-0.2, -0.15) is 4.31 Å². The first-order chi connectivity index (χ1) is 14.9. The van der Waals surface area contributed by atoms with E-state index >= 15 is 0 Å². The number of nitro benzene ring substituents is 1. The molecule has 0 bridgehead atoms. The highest BCUT2D eigenvalue weighted by Crippen LogP contribution is 2.29. The first kappa shape index (κ1) is 22.4. The summed E-state index contributed by atoms with van der Waals surface area (Å²) in [6.45, 7) is 4.90. The molecule has 10 heteroatoms. The monoisotopic (exact) mass is 443 g/mol. The number of rotatable bonds is 10. The first-order valence-corrected chi connectivity index (χ1v) is 11.4. The average Bonchev–Trinajstić information content (AvgIpc) is 2.77. The molecule has 0 aliphatic heterocycles. The lowest BCUT2D eigenvalue weighted by atomic mass is 10.2. The fraction of sp³-hybridized carbons (Fsp3) is 0.286. The molecule has 1 heterocycles. The fourth-order valence-electron chi connectivity index (χ4n) is 3.24. The lowest BCUT2D eigenvalue weighted by molar-refractivity contribution is -0.384. The molecule has 0 spiro atoms. The second-order valence-electron chi connectivity index (χ2n) is 6.77. The molecular formula is C21H25N5O4S. The zero-order valence-corrected chi connectivity index (χ0v) is 18.2. The summed E-state index contributed by atoms with van der Waals surface area (Å²) in [5.74, 6) is 0.704. The summed E-state index contributed by atoms with van der Waals surface area (Å²) < 4.78 is 26.6. The summed E-state index contributed by atoms with van der Waals surface area (Å²) in [4.78, 5) is 15.4. The summed E-state index contributed by atoms with van der Waals surface area (Å²) in [6.07, 6.45) is 0. The van der Waals surface area contributed by atoms with Crippen LogP contribution in [0.1, 0.15) is 13.8 Å². The van der Waals surface area contributed by atoms with Crippen LogP contribution in [0.3, 0.4) is 0 Å². The van der Waals surface area contributed by atoms with Gasteiger partial charge in [0, 0.05) is 37.6 Å². The number of hydrogen-bond acceptors (Lipinski definition) is 7. The zero-order chi connectivity index (χ0) is 22.4. The van der Waals surface area contributed by atoms with E-state index in [0.29, 0.717) is 32.0 Å². The van der Waals surface area contributed by atoms with Gasteiger partial charge >= 0.3 is 0 Å². The first-order valence-electron chi connectivity index (χ1n) is 9.99. The van der Waals surface area contributed by atoms with E-state index in [1.165, 1.54) is 16.4 Å². The van der Waals surface area contributed by atoms with Gasteiger partial charge in [-0.05, 0) is 30.3 Å². The zero-order valence-electron chi connectivity index (χ0n) is 17.4. The standard InChI is InChI=1S/C21H25N5O4S/c1-3-25(4-2)31(29,30)17-10-11-19(20(15-17)26(27)28)22-13-14-23-21-12-9-16-7-5-6-8-18(16)24-21/h5-12,15,22H,3-4,13-14H2,1-2H3,(H,23,24). The molecule has 9 nitrogen and oxygen atoms in total. The van der Waals surface area contributed by atoms with Gasteiger partial charge in [0.05, 0.1) is 15.3 Å². The highest BCUT2D eigenvalue weighted by atomic mass is 32.2. The lowest BCUT2D eigenvalue weighted by Gasteiger charge is -2.18. The van der Waals surface area contributed by atoms with E-state index in [9.17, 15) is 18.5 Å². The molecule has 2 aromatic carbocycles. The highest BCUT2D eigenvalue weighted by Gasteiger charge is 2.25. The normalized spacial score (nSPS) is 11.6. The molecule has 1 aromatic heterocycles. The van der Waals surface area contributed by atoms with Crippen LogP contribution in [0, 0.1) is 10.1 Å². The molecule has 31 heavy (non-hydrogen) atoms. The van der Waals surface area contributed by atoms with E-state index in [-0.39, 0.29) is 16.3 Å². The van der Waals surface area contributed by atoms with E-state index in [4.69, 9.17) is 0 Å². The number of benzene rings is 2. The van der Waals surface area contributed by atoms with Crippen molar-refractivity contribution in [1.29, 1.82) is 0 Å². The Balaban J connectivity index is 1.68. The number of nitrogens with one attached hydrogen (secondary N) is 2. The number of aromatic nitrogens is 1. The van der Waals surface area contributed by atoms with Gasteiger partial charge in [0.2, 0.25) is 10.0 Å². The van der Waals surface area contributed by atoms with Gasteiger partial charge in [-0.1, -0.05) is 32.0 Å². The number of nitro groups is 1. The summed E-state index contributed by atoms with van der Waals surface area (Å²) in [5.41, 5.74) is 0.856. The van der Waals surface area contributed by atoms with Crippen LogP contribution in [0.15, 0.2) is 59.5 Å². The molecule has 0 aliphatic rings. The van der Waals surface area contributed by atoms with Crippen molar-refractivity contribution in [2.24, 2.45) is 0 Å². The van der Waals surface area contributed by atoms with Crippen LogP contribution >= 0.6 is 0 Å². The van der Waals surface area contributed by atoms with Crippen LogP contribution in [-0.2, 0) is 10.0 Å². The topological polar surface area (TPSA) is 117 Å². The molecule has 0 unspecified atom stereocenters. The number of nitrogens with zero attached hydrogens (tertiary/aromatic N) is 3. The predicted octanol–water partition coefficient (Wildman–Crippen LogP) is 3.70. The van der Waals surface area contributed by atoms with Crippen molar-refractivity contribution >= 4 is 38.1 Å². The smallest absolute Gasteiger partial charge is 0.293 e. The van der Waals surface area contributed by atoms with Crippen molar-refractivity contribution < 1.29 is 13.3 Å². The maximum Gasteiger partial charge on any atom is 0.293 e. The minimum absolute atomic E-state index is 0.0908. The van der Waals surface area contributed by atoms with E-state index in [2.05, 4.69) is 15.6 Å². The maximum absolute atomic E-state index is 12.7. The van der Waals surface area contributed by atoms with Crippen molar-refractivity contribution in [2.45, 2.75) is 18.7 Å². The minimum atomic E-state index is -3.77. The van der Waals surface area contributed by atoms with Crippen LogP contribution in [0.5, 0.6) is 0 Å². The van der Waals surface area contributed by atoms with Crippen LogP contribution in [0.2, 0.25) is 0 Å². The second-order valence-corrected chi connectivity index (χ2v) is 8.71. The number of fused-ring (bicyclic) bond motifs is 1. The van der Waals surface area contributed by atoms with E-state index in [1.807, 2.05) is 36.4 Å². The van der Waals surface area contributed by atoms with Crippen LogP contribution in [0.4, 0.5) is 17.2 Å². The molecular weight excluding hydrogens is 418 g/mol. The number of anilines is 2. The van der Waals surface area contributed by atoms with E-state index in [0.717, 1.165) is 17.0 Å². The largest absolute Gasteiger partial charge is 0.378 e. The Kier molecular flexibility index (Phi) is 7.03. The van der Waals surface area contributed by atoms with Gasteiger partial charge in [-0.15, -0.1) is 0 Å². The number of pyridine rings is 1. The highest BCUT2D eigenvalue weighted by molar-refractivity contribution is 7.89. The van der Waals surface area contributed by atoms with Crippen molar-refractivity contribution in [3.05, 3.63) is 64.7 Å². The Morgan fingerprint density at radius 2 is 1.71 bits per heavy atom. The second kappa shape index (κ2) is 9.71. The summed E-state index contributed by atoms with van der Waals surface area (Å²) >= 11 is 0. The van der Waals surface area contributed by atoms with Gasteiger partial charge in [0.25, 0.3) is 5.69 Å². The lowest BCUT2D eigenvalue weighted by Crippen LogP contribution is -2.30. The molecule has 164 valence electrons. The molecule has 0 fully saturated rings. The number of para-hydroxylation sites is 1. The van der Waals surface area contributed by atoms with Crippen molar-refractivity contribution in [1.82, 2.24) is 9.29 Å². The third-order valence-electron chi connectivity index (χ3n) is 4.85. The molecule has 0 atom stereocenters. The van der Waals surface area contributed by atoms with Crippen LogP contribution in [0.25, 0.3) is 10.9 Å². The Hall–Kier alpha value is -3.24. The molecule has 0 saturated heterocycles. The maximum atomic E-state index is 12.7. The summed E-state index contributed by atoms with van der Waals surface area (Å²) in [7, 11) is -3.77. The SMILES string of the molecule is CCN(CC)S(=O)(=O)c1ccc(NCCNc2ccc3ccccc3n2)c([N+](=O)[O-])c1. The predicted molar refractivity (Wildman–Crippen MR) is 122 cm³/mol.